The minimum absolute atomic E-state index is 0.0871. The molecule has 2 aliphatic heterocycles. The number of halogens is 1. The van der Waals surface area contributed by atoms with Gasteiger partial charge < -0.3 is 15.1 Å². The summed E-state index contributed by atoms with van der Waals surface area (Å²) in [4.78, 5) is 33.1. The molecule has 0 aliphatic carbocycles. The molecule has 3 heterocycles. The number of carbonyl (C=O) groups is 2. The predicted octanol–water partition coefficient (Wildman–Crippen LogP) is 3.36. The molecule has 31 heavy (non-hydrogen) atoms. The Hall–Kier alpha value is -2.96. The molecule has 1 atom stereocenters. The van der Waals surface area contributed by atoms with Gasteiger partial charge in [0.15, 0.2) is 5.83 Å². The zero-order valence-corrected chi connectivity index (χ0v) is 18.9. The second kappa shape index (κ2) is 9.45. The van der Waals surface area contributed by atoms with E-state index in [0.29, 0.717) is 29.8 Å². The summed E-state index contributed by atoms with van der Waals surface area (Å²) < 4.78 is 15.8. The highest BCUT2D eigenvalue weighted by molar-refractivity contribution is 7.12. The summed E-state index contributed by atoms with van der Waals surface area (Å²) in [7, 11) is 1.77. The first-order valence-corrected chi connectivity index (χ1v) is 11.0. The van der Waals surface area contributed by atoms with Crippen LogP contribution in [0.1, 0.15) is 29.7 Å². The van der Waals surface area contributed by atoms with E-state index in [1.165, 1.54) is 17.4 Å². The summed E-state index contributed by atoms with van der Waals surface area (Å²) >= 11 is 1.46. The average molecular weight is 443 g/mol. The van der Waals surface area contributed by atoms with Gasteiger partial charge in [-0.15, -0.1) is 17.1 Å². The number of carbonyl (C=O) groups excluding carboxylic acids is 2. The summed E-state index contributed by atoms with van der Waals surface area (Å²) in [6, 6.07) is -0.0871. The number of nitrogens with zero attached hydrogens (tertiary/aromatic N) is 3. The number of amides is 2. The standard InChI is InChI=1S/C23H27FN4O2S/c1-6-18(27(5)16-9-8-10-28(13-16)20(29)7-2)22(24)17-11-26-23(30)21(17)14(3)19-12-25-15(4)31-19/h7,12,16H,1-2,8-11,13H2,3-5H3,(H,26,30)/b21-14-,22-17+/t16-/m1/s1. The number of nitrogens with one attached hydrogen (secondary N) is 1. The van der Waals surface area contributed by atoms with Crippen molar-refractivity contribution in [1.82, 2.24) is 20.1 Å². The van der Waals surface area contributed by atoms with Crippen molar-refractivity contribution >= 4 is 28.7 Å². The average Bonchev–Trinajstić information content (AvgIpc) is 3.38. The zero-order chi connectivity index (χ0) is 22.7. The summed E-state index contributed by atoms with van der Waals surface area (Å²) in [6.07, 6.45) is 4.62. The number of thiazole rings is 1. The fraction of sp³-hybridized carbons (Fsp3) is 0.391. The zero-order valence-electron chi connectivity index (χ0n) is 18.1. The largest absolute Gasteiger partial charge is 0.361 e. The molecule has 0 bridgehead atoms. The van der Waals surface area contributed by atoms with Crippen LogP contribution in [0, 0.1) is 6.92 Å². The number of aryl methyl sites for hydroxylation is 1. The van der Waals surface area contributed by atoms with Crippen molar-refractivity contribution in [3.63, 3.8) is 0 Å². The molecule has 0 saturated carbocycles. The second-order valence-corrected chi connectivity index (χ2v) is 8.87. The molecule has 164 valence electrons. The lowest BCUT2D eigenvalue weighted by molar-refractivity contribution is -0.127. The van der Waals surface area contributed by atoms with Crippen molar-refractivity contribution in [2.45, 2.75) is 32.7 Å². The van der Waals surface area contributed by atoms with Gasteiger partial charge in [0.05, 0.1) is 15.5 Å². The lowest BCUT2D eigenvalue weighted by atomic mass is 9.99. The van der Waals surface area contributed by atoms with Crippen molar-refractivity contribution in [3.05, 3.63) is 63.7 Å². The van der Waals surface area contributed by atoms with Crippen LogP contribution in [0.2, 0.25) is 0 Å². The molecule has 1 aromatic heterocycles. The Bertz CT molecular complexity index is 1030. The van der Waals surface area contributed by atoms with Crippen molar-refractivity contribution in [2.24, 2.45) is 0 Å². The van der Waals surface area contributed by atoms with E-state index in [1.54, 1.807) is 30.0 Å². The Morgan fingerprint density at radius 1 is 1.52 bits per heavy atom. The molecular formula is C23H27FN4O2S. The Labute approximate surface area is 186 Å². The first kappa shape index (κ1) is 22.7. The van der Waals surface area contributed by atoms with E-state index in [2.05, 4.69) is 29.2 Å². The quantitative estimate of drug-likeness (QED) is 0.561. The van der Waals surface area contributed by atoms with Crippen LogP contribution < -0.4 is 5.32 Å². The Kier molecular flexibility index (Phi) is 6.93. The number of aromatic nitrogens is 1. The number of rotatable bonds is 5. The summed E-state index contributed by atoms with van der Waals surface area (Å²) in [5.74, 6) is -0.967. The van der Waals surface area contributed by atoms with Gasteiger partial charge >= 0.3 is 0 Å². The van der Waals surface area contributed by atoms with Crippen LogP contribution in [0.15, 0.2) is 53.8 Å². The van der Waals surface area contributed by atoms with Gasteiger partial charge in [-0.1, -0.05) is 13.2 Å². The third kappa shape index (κ3) is 4.55. The van der Waals surface area contributed by atoms with E-state index in [-0.39, 0.29) is 30.1 Å². The fourth-order valence-corrected chi connectivity index (χ4v) is 4.79. The molecule has 2 aliphatic rings. The lowest BCUT2D eigenvalue weighted by Crippen LogP contribution is -2.47. The third-order valence-electron chi connectivity index (χ3n) is 5.74. The summed E-state index contributed by atoms with van der Waals surface area (Å²) in [5.41, 5.74) is 4.22. The number of piperidine rings is 1. The van der Waals surface area contributed by atoms with Gasteiger partial charge in [0.2, 0.25) is 5.91 Å². The molecule has 2 amide bonds. The number of hydrogen-bond acceptors (Lipinski definition) is 5. The molecule has 1 aromatic rings. The molecular weight excluding hydrogens is 415 g/mol. The van der Waals surface area contributed by atoms with Crippen LogP contribution in [0.4, 0.5) is 4.39 Å². The minimum atomic E-state index is -0.529. The van der Waals surface area contributed by atoms with E-state index >= 15 is 4.39 Å². The highest BCUT2D eigenvalue weighted by Crippen LogP contribution is 2.34. The number of likely N-dealkylation sites (N-methyl/N-ethyl adjacent to an activating group) is 1. The molecule has 0 spiro atoms. The minimum Gasteiger partial charge on any atom is -0.361 e. The van der Waals surface area contributed by atoms with E-state index in [1.807, 2.05) is 6.92 Å². The summed E-state index contributed by atoms with van der Waals surface area (Å²) in [5, 5.41) is 3.61. The summed E-state index contributed by atoms with van der Waals surface area (Å²) in [6.45, 7) is 12.1. The first-order valence-electron chi connectivity index (χ1n) is 10.1. The van der Waals surface area contributed by atoms with E-state index in [0.717, 1.165) is 22.7 Å². The van der Waals surface area contributed by atoms with Crippen LogP contribution in [0.3, 0.4) is 0 Å². The monoisotopic (exact) mass is 442 g/mol. The van der Waals surface area contributed by atoms with Crippen LogP contribution in [-0.4, -0.2) is 59.3 Å². The topological polar surface area (TPSA) is 65.5 Å². The van der Waals surface area contributed by atoms with E-state index in [9.17, 15) is 9.59 Å². The second-order valence-electron chi connectivity index (χ2n) is 7.64. The molecule has 3 rings (SSSR count). The lowest BCUT2D eigenvalue weighted by Gasteiger charge is -2.38. The number of hydrogen-bond donors (Lipinski definition) is 1. The van der Waals surface area contributed by atoms with Crippen LogP contribution in [0.25, 0.3) is 5.57 Å². The smallest absolute Gasteiger partial charge is 0.252 e. The van der Waals surface area contributed by atoms with Gasteiger partial charge in [-0.25, -0.2) is 9.37 Å². The van der Waals surface area contributed by atoms with Crippen molar-refractivity contribution in [1.29, 1.82) is 0 Å². The predicted molar refractivity (Wildman–Crippen MR) is 121 cm³/mol. The Morgan fingerprint density at radius 2 is 2.26 bits per heavy atom. The Morgan fingerprint density at radius 3 is 2.87 bits per heavy atom. The number of likely N-dealkylation sites (tertiary alicyclic amines) is 1. The molecule has 2 fully saturated rings. The number of allylic oxidation sites excluding steroid dienone is 2. The first-order chi connectivity index (χ1) is 14.8. The van der Waals surface area contributed by atoms with Crippen LogP contribution >= 0.6 is 11.3 Å². The van der Waals surface area contributed by atoms with Gasteiger partial charge in [-0.3, -0.25) is 9.59 Å². The van der Waals surface area contributed by atoms with E-state index in [4.69, 9.17) is 0 Å². The Balaban J connectivity index is 1.95. The molecule has 8 heteroatoms. The van der Waals surface area contributed by atoms with Crippen LogP contribution in [-0.2, 0) is 9.59 Å². The maximum absolute atomic E-state index is 15.8. The van der Waals surface area contributed by atoms with Gasteiger partial charge in [-0.2, -0.15) is 0 Å². The molecule has 2 saturated heterocycles. The molecule has 1 N–H and O–H groups in total. The van der Waals surface area contributed by atoms with E-state index < -0.39 is 5.83 Å². The highest BCUT2D eigenvalue weighted by atomic mass is 32.1. The molecule has 6 nitrogen and oxygen atoms in total. The normalized spacial score (nSPS) is 21.9. The SMILES string of the molecule is C=C=C(/C(F)=C1/CNC(=O)/C1=C(/C)c1cnc(C)s1)N(C)[C@@H]1CCCN(C(=O)C=C)C1. The van der Waals surface area contributed by atoms with Gasteiger partial charge in [0.1, 0.15) is 5.70 Å². The van der Waals surface area contributed by atoms with Crippen molar-refractivity contribution in [3.8, 4) is 0 Å². The van der Waals surface area contributed by atoms with Crippen molar-refractivity contribution in [2.75, 3.05) is 26.7 Å². The maximum atomic E-state index is 15.8. The molecule has 0 radical (unpaired) electrons. The highest BCUT2D eigenvalue weighted by Gasteiger charge is 2.33. The van der Waals surface area contributed by atoms with Crippen LogP contribution in [0.5, 0.6) is 0 Å². The maximum Gasteiger partial charge on any atom is 0.252 e. The fourth-order valence-electron chi connectivity index (χ4n) is 4.01. The van der Waals surface area contributed by atoms with Crippen molar-refractivity contribution < 1.29 is 14.0 Å². The van der Waals surface area contributed by atoms with Gasteiger partial charge in [0, 0.05) is 44.5 Å². The van der Waals surface area contributed by atoms with Gasteiger partial charge in [0.25, 0.3) is 5.91 Å². The third-order valence-corrected chi connectivity index (χ3v) is 6.78. The van der Waals surface area contributed by atoms with Gasteiger partial charge in [-0.05, 0) is 38.3 Å². The molecule has 0 aromatic carbocycles. The molecule has 0 unspecified atom stereocenters.